The Kier molecular flexibility index (Phi) is 14.0. The molecule has 0 aliphatic rings. The van der Waals surface area contributed by atoms with Crippen molar-refractivity contribution in [2.24, 2.45) is 0 Å². The molecule has 0 aromatic rings. The van der Waals surface area contributed by atoms with E-state index in [0.29, 0.717) is 0 Å². The minimum absolute atomic E-state index is 0.0509. The molecule has 0 saturated heterocycles. The van der Waals surface area contributed by atoms with E-state index in [-0.39, 0.29) is 12.6 Å². The van der Waals surface area contributed by atoms with Crippen LogP contribution in [0.1, 0.15) is 20.8 Å². The molecule has 13 heavy (non-hydrogen) atoms. The lowest BCUT2D eigenvalue weighted by atomic mass is 10.7. The first-order chi connectivity index (χ1) is 6.12. The van der Waals surface area contributed by atoms with Crippen molar-refractivity contribution in [3.63, 3.8) is 0 Å². The molecule has 1 unspecified atom stereocenters. The maximum absolute atomic E-state index is 4.97. The van der Waals surface area contributed by atoms with Crippen LogP contribution in [0.25, 0.3) is 0 Å². The Morgan fingerprint density at radius 3 is 1.31 bits per heavy atom. The van der Waals surface area contributed by atoms with Gasteiger partial charge in [0, 0.05) is 27.9 Å². The van der Waals surface area contributed by atoms with Crippen LogP contribution >= 0.6 is 0 Å². The summed E-state index contributed by atoms with van der Waals surface area (Å²) in [6.45, 7) is 6.36. The first-order valence-electron chi connectivity index (χ1n) is 4.32. The highest BCUT2D eigenvalue weighted by atomic mass is 16.7. The number of hydrogen-bond donors (Lipinski definition) is 0. The van der Waals surface area contributed by atoms with Gasteiger partial charge < -0.3 is 18.9 Å². The highest BCUT2D eigenvalue weighted by Crippen LogP contribution is 1.87. The monoisotopic (exact) mass is 194 g/mol. The second kappa shape index (κ2) is 11.8. The predicted molar refractivity (Wildman–Crippen MR) is 51.6 cm³/mol. The van der Waals surface area contributed by atoms with Crippen molar-refractivity contribution in [3.05, 3.63) is 0 Å². The average Bonchev–Trinajstić information content (AvgIpc) is 2.18. The second-order valence-electron chi connectivity index (χ2n) is 2.30. The molecule has 0 saturated carbocycles. The molecule has 4 nitrogen and oxygen atoms in total. The molecule has 0 amide bonds. The van der Waals surface area contributed by atoms with Gasteiger partial charge in [-0.05, 0) is 20.8 Å². The van der Waals surface area contributed by atoms with Crippen LogP contribution in [0.3, 0.4) is 0 Å². The van der Waals surface area contributed by atoms with Crippen molar-refractivity contribution in [2.75, 3.05) is 27.9 Å². The minimum Gasteiger partial charge on any atom is -0.356 e. The molecule has 0 N–H and O–H groups in total. The summed E-state index contributed by atoms with van der Waals surface area (Å²) in [6.07, 6.45) is -0.116. The Balaban J connectivity index is 0. The molecule has 0 aliphatic heterocycles. The molecular weight excluding hydrogens is 172 g/mol. The highest BCUT2D eigenvalue weighted by molar-refractivity contribution is 4.22. The van der Waals surface area contributed by atoms with Crippen LogP contribution in [0.4, 0.5) is 0 Å². The van der Waals surface area contributed by atoms with Gasteiger partial charge in [-0.3, -0.25) is 0 Å². The minimum atomic E-state index is -0.0648. The summed E-state index contributed by atoms with van der Waals surface area (Å²) in [5.74, 6) is 0. The zero-order chi connectivity index (χ0) is 10.7. The topological polar surface area (TPSA) is 36.9 Å². The standard InChI is InChI=1S/C5H12O2.C4H10O2/c1-4-7-5(2)6-3;1-4(5-2)6-3/h5H,4H2,1-3H3;4H,1-3H3. The van der Waals surface area contributed by atoms with Crippen molar-refractivity contribution in [1.82, 2.24) is 0 Å². The van der Waals surface area contributed by atoms with E-state index in [9.17, 15) is 0 Å². The highest BCUT2D eigenvalue weighted by Gasteiger charge is 1.91. The van der Waals surface area contributed by atoms with Gasteiger partial charge in [0.05, 0.1) is 0 Å². The molecule has 0 fully saturated rings. The zero-order valence-corrected chi connectivity index (χ0v) is 9.49. The summed E-state index contributed by atoms with van der Waals surface area (Å²) in [5.41, 5.74) is 0. The number of ether oxygens (including phenoxy) is 4. The molecule has 0 heterocycles. The fourth-order valence-corrected chi connectivity index (χ4v) is 0.399. The van der Waals surface area contributed by atoms with E-state index in [1.165, 1.54) is 0 Å². The molecule has 0 aromatic heterocycles. The van der Waals surface area contributed by atoms with Crippen molar-refractivity contribution in [2.45, 2.75) is 33.4 Å². The average molecular weight is 194 g/mol. The second-order valence-corrected chi connectivity index (χ2v) is 2.30. The molecule has 0 rings (SSSR count). The third-order valence-electron chi connectivity index (χ3n) is 1.40. The third-order valence-corrected chi connectivity index (χ3v) is 1.40. The normalized spacial score (nSPS) is 12.2. The molecular formula is C9H22O4. The molecule has 0 radical (unpaired) electrons. The summed E-state index contributed by atoms with van der Waals surface area (Å²) in [7, 11) is 4.84. The largest absolute Gasteiger partial charge is 0.356 e. The van der Waals surface area contributed by atoms with Gasteiger partial charge in [-0.2, -0.15) is 0 Å². The van der Waals surface area contributed by atoms with E-state index >= 15 is 0 Å². The Morgan fingerprint density at radius 1 is 0.846 bits per heavy atom. The third kappa shape index (κ3) is 14.7. The SMILES string of the molecule is CCOC(C)OC.COC(C)OC. The maximum atomic E-state index is 4.97. The summed E-state index contributed by atoms with van der Waals surface area (Å²) in [4.78, 5) is 0. The van der Waals surface area contributed by atoms with Gasteiger partial charge >= 0.3 is 0 Å². The van der Waals surface area contributed by atoms with Gasteiger partial charge in [-0.25, -0.2) is 0 Å². The van der Waals surface area contributed by atoms with Crippen molar-refractivity contribution >= 4 is 0 Å². The Labute approximate surface area is 81.1 Å². The van der Waals surface area contributed by atoms with E-state index in [4.69, 9.17) is 9.47 Å². The number of methoxy groups -OCH3 is 3. The first-order valence-corrected chi connectivity index (χ1v) is 4.32. The smallest absolute Gasteiger partial charge is 0.154 e. The van der Waals surface area contributed by atoms with E-state index < -0.39 is 0 Å². The van der Waals surface area contributed by atoms with E-state index in [1.54, 1.807) is 21.3 Å². The molecule has 4 heteroatoms. The van der Waals surface area contributed by atoms with Gasteiger partial charge in [0.1, 0.15) is 0 Å². The van der Waals surface area contributed by atoms with E-state index in [1.807, 2.05) is 20.8 Å². The van der Waals surface area contributed by atoms with Crippen molar-refractivity contribution < 1.29 is 18.9 Å². The summed E-state index contributed by atoms with van der Waals surface area (Å²) < 4.78 is 19.1. The summed E-state index contributed by atoms with van der Waals surface area (Å²) in [5, 5.41) is 0. The molecule has 0 spiro atoms. The van der Waals surface area contributed by atoms with Crippen LogP contribution in [0.5, 0.6) is 0 Å². The number of hydrogen-bond acceptors (Lipinski definition) is 4. The van der Waals surface area contributed by atoms with Gasteiger partial charge in [-0.1, -0.05) is 0 Å². The van der Waals surface area contributed by atoms with Crippen LogP contribution in [0, 0.1) is 0 Å². The zero-order valence-electron chi connectivity index (χ0n) is 9.49. The quantitative estimate of drug-likeness (QED) is 0.623. The van der Waals surface area contributed by atoms with Gasteiger partial charge in [0.25, 0.3) is 0 Å². The summed E-state index contributed by atoms with van der Waals surface area (Å²) >= 11 is 0. The van der Waals surface area contributed by atoms with Crippen molar-refractivity contribution in [3.8, 4) is 0 Å². The lowest BCUT2D eigenvalue weighted by Crippen LogP contribution is -2.08. The Bertz CT molecular complexity index is 83.7. The lowest BCUT2D eigenvalue weighted by molar-refractivity contribution is -0.106. The van der Waals surface area contributed by atoms with Gasteiger partial charge in [0.2, 0.25) is 0 Å². The molecule has 0 aliphatic carbocycles. The molecule has 1 atom stereocenters. The van der Waals surface area contributed by atoms with Gasteiger partial charge in [-0.15, -0.1) is 0 Å². The molecule has 0 bridgehead atoms. The Hall–Kier alpha value is -0.160. The van der Waals surface area contributed by atoms with Crippen LogP contribution in [0.2, 0.25) is 0 Å². The van der Waals surface area contributed by atoms with Crippen LogP contribution in [-0.2, 0) is 18.9 Å². The van der Waals surface area contributed by atoms with Crippen LogP contribution in [-0.4, -0.2) is 40.5 Å². The van der Waals surface area contributed by atoms with E-state index in [0.717, 1.165) is 6.61 Å². The number of rotatable bonds is 5. The van der Waals surface area contributed by atoms with Crippen molar-refractivity contribution in [1.29, 1.82) is 0 Å². The van der Waals surface area contributed by atoms with E-state index in [2.05, 4.69) is 9.47 Å². The van der Waals surface area contributed by atoms with Crippen LogP contribution < -0.4 is 0 Å². The lowest BCUT2D eigenvalue weighted by Gasteiger charge is -2.06. The molecule has 82 valence electrons. The predicted octanol–water partition coefficient (Wildman–Crippen LogP) is 1.64. The fraction of sp³-hybridized carbons (Fsp3) is 1.00. The molecule has 0 aromatic carbocycles. The van der Waals surface area contributed by atoms with Crippen LogP contribution in [0.15, 0.2) is 0 Å². The maximum Gasteiger partial charge on any atom is 0.154 e. The fourth-order valence-electron chi connectivity index (χ4n) is 0.399. The summed E-state index contributed by atoms with van der Waals surface area (Å²) in [6, 6.07) is 0. The first kappa shape index (κ1) is 15.3. The van der Waals surface area contributed by atoms with Gasteiger partial charge in [0.15, 0.2) is 12.6 Å². The Morgan fingerprint density at radius 2 is 1.23 bits per heavy atom.